The molecule has 0 unspecified atom stereocenters. The molecule has 0 saturated carbocycles. The standard InChI is InChI=1S/C16H22N4O3S/c1-4-14-18-16(20-19-14)24-10-15(21)17-8-7-11-5-6-12(22-2)13(9-11)23-3/h5-6,9H,4,7-8,10H2,1-3H3,(H,17,21)(H,18,19,20). The Morgan fingerprint density at radius 1 is 1.29 bits per heavy atom. The van der Waals surface area contributed by atoms with Crippen molar-refractivity contribution in [2.75, 3.05) is 26.5 Å². The summed E-state index contributed by atoms with van der Waals surface area (Å²) in [5, 5.41) is 10.4. The van der Waals surface area contributed by atoms with Crippen molar-refractivity contribution < 1.29 is 14.3 Å². The van der Waals surface area contributed by atoms with Crippen molar-refractivity contribution in [1.82, 2.24) is 20.5 Å². The van der Waals surface area contributed by atoms with Gasteiger partial charge in [-0.15, -0.1) is 5.10 Å². The van der Waals surface area contributed by atoms with Crippen LogP contribution in [0.4, 0.5) is 0 Å². The quantitative estimate of drug-likeness (QED) is 0.671. The van der Waals surface area contributed by atoms with Crippen molar-refractivity contribution >= 4 is 17.7 Å². The number of hydrogen-bond acceptors (Lipinski definition) is 6. The molecule has 1 aromatic carbocycles. The van der Waals surface area contributed by atoms with Gasteiger partial charge in [0, 0.05) is 13.0 Å². The normalized spacial score (nSPS) is 10.5. The number of rotatable bonds is 9. The minimum atomic E-state index is -0.0386. The van der Waals surface area contributed by atoms with Gasteiger partial charge < -0.3 is 14.8 Å². The molecule has 7 nitrogen and oxygen atoms in total. The molecular weight excluding hydrogens is 328 g/mol. The number of nitrogens with one attached hydrogen (secondary N) is 2. The van der Waals surface area contributed by atoms with E-state index in [0.29, 0.717) is 29.0 Å². The van der Waals surface area contributed by atoms with Crippen molar-refractivity contribution in [3.05, 3.63) is 29.6 Å². The summed E-state index contributed by atoms with van der Waals surface area (Å²) in [5.74, 6) is 2.47. The molecule has 1 heterocycles. The van der Waals surface area contributed by atoms with Gasteiger partial charge in [0.05, 0.1) is 20.0 Å². The first-order valence-corrected chi connectivity index (χ1v) is 8.66. The first kappa shape index (κ1) is 18.1. The third-order valence-electron chi connectivity index (χ3n) is 3.36. The van der Waals surface area contributed by atoms with Crippen LogP contribution < -0.4 is 14.8 Å². The van der Waals surface area contributed by atoms with E-state index in [-0.39, 0.29) is 5.91 Å². The highest BCUT2D eigenvalue weighted by molar-refractivity contribution is 7.99. The molecule has 0 aliphatic rings. The number of methoxy groups -OCH3 is 2. The maximum absolute atomic E-state index is 11.9. The average Bonchev–Trinajstić information content (AvgIpc) is 3.08. The lowest BCUT2D eigenvalue weighted by molar-refractivity contribution is -0.118. The van der Waals surface area contributed by atoms with Gasteiger partial charge in [0.2, 0.25) is 11.1 Å². The summed E-state index contributed by atoms with van der Waals surface area (Å²) in [5.41, 5.74) is 1.07. The second kappa shape index (κ2) is 9.17. The van der Waals surface area contributed by atoms with Gasteiger partial charge in [-0.05, 0) is 24.1 Å². The number of ether oxygens (including phenoxy) is 2. The molecule has 2 rings (SSSR count). The van der Waals surface area contributed by atoms with Crippen molar-refractivity contribution in [3.63, 3.8) is 0 Å². The molecule has 0 radical (unpaired) electrons. The third-order valence-corrected chi connectivity index (χ3v) is 4.21. The molecule has 0 fully saturated rings. The van der Waals surface area contributed by atoms with Gasteiger partial charge in [0.25, 0.3) is 0 Å². The van der Waals surface area contributed by atoms with E-state index in [2.05, 4.69) is 20.5 Å². The maximum Gasteiger partial charge on any atom is 0.230 e. The summed E-state index contributed by atoms with van der Waals surface area (Å²) in [4.78, 5) is 16.1. The summed E-state index contributed by atoms with van der Waals surface area (Å²) in [7, 11) is 3.21. The molecule has 130 valence electrons. The lowest BCUT2D eigenvalue weighted by Crippen LogP contribution is -2.27. The number of aryl methyl sites for hydroxylation is 1. The van der Waals surface area contributed by atoms with Crippen molar-refractivity contribution in [1.29, 1.82) is 0 Å². The molecule has 2 aromatic rings. The molecule has 0 saturated heterocycles. The fourth-order valence-corrected chi connectivity index (χ4v) is 2.71. The smallest absolute Gasteiger partial charge is 0.230 e. The number of benzene rings is 1. The average molecular weight is 350 g/mol. The number of thioether (sulfide) groups is 1. The van der Waals surface area contributed by atoms with Gasteiger partial charge in [0.15, 0.2) is 11.5 Å². The molecule has 0 aliphatic heterocycles. The third kappa shape index (κ3) is 5.16. The molecule has 1 aromatic heterocycles. The van der Waals surface area contributed by atoms with Crippen LogP contribution in [0.25, 0.3) is 0 Å². The summed E-state index contributed by atoms with van der Waals surface area (Å²) in [6.07, 6.45) is 1.52. The highest BCUT2D eigenvalue weighted by Crippen LogP contribution is 2.27. The van der Waals surface area contributed by atoms with Gasteiger partial charge in [0.1, 0.15) is 5.82 Å². The van der Waals surface area contributed by atoms with E-state index >= 15 is 0 Å². The van der Waals surface area contributed by atoms with Crippen LogP contribution in [-0.2, 0) is 17.6 Å². The zero-order valence-electron chi connectivity index (χ0n) is 14.1. The first-order valence-electron chi connectivity index (χ1n) is 7.68. The maximum atomic E-state index is 11.9. The number of amides is 1. The Morgan fingerprint density at radius 3 is 2.75 bits per heavy atom. The fourth-order valence-electron chi connectivity index (χ4n) is 2.06. The Morgan fingerprint density at radius 2 is 2.08 bits per heavy atom. The van der Waals surface area contributed by atoms with Crippen LogP contribution in [0.3, 0.4) is 0 Å². The molecule has 8 heteroatoms. The summed E-state index contributed by atoms with van der Waals surface area (Å²) < 4.78 is 10.5. The van der Waals surface area contributed by atoms with E-state index in [1.165, 1.54) is 11.8 Å². The van der Waals surface area contributed by atoms with E-state index in [1.807, 2.05) is 25.1 Å². The van der Waals surface area contributed by atoms with Crippen LogP contribution in [0, 0.1) is 0 Å². The fraction of sp³-hybridized carbons (Fsp3) is 0.438. The minimum Gasteiger partial charge on any atom is -0.493 e. The summed E-state index contributed by atoms with van der Waals surface area (Å²) in [6.45, 7) is 2.55. The number of carbonyl (C=O) groups is 1. The Labute approximate surface area is 145 Å². The second-order valence-electron chi connectivity index (χ2n) is 5.00. The van der Waals surface area contributed by atoms with Gasteiger partial charge in [-0.2, -0.15) is 0 Å². The van der Waals surface area contributed by atoms with Crippen LogP contribution in [0.2, 0.25) is 0 Å². The van der Waals surface area contributed by atoms with Crippen LogP contribution in [0.1, 0.15) is 18.3 Å². The monoisotopic (exact) mass is 350 g/mol. The van der Waals surface area contributed by atoms with Crippen LogP contribution in [0.5, 0.6) is 11.5 Å². The number of nitrogens with zero attached hydrogens (tertiary/aromatic N) is 2. The zero-order valence-corrected chi connectivity index (χ0v) is 14.9. The van der Waals surface area contributed by atoms with Crippen LogP contribution in [0.15, 0.2) is 23.4 Å². The molecule has 24 heavy (non-hydrogen) atoms. The predicted octanol–water partition coefficient (Wildman–Crippen LogP) is 1.84. The Bertz CT molecular complexity index is 675. The highest BCUT2D eigenvalue weighted by atomic mass is 32.2. The number of aromatic amines is 1. The number of aromatic nitrogens is 3. The van der Waals surface area contributed by atoms with E-state index in [1.54, 1.807) is 14.2 Å². The number of H-pyrrole nitrogens is 1. The SMILES string of the molecule is CCc1nc(SCC(=O)NCCc2ccc(OC)c(OC)c2)n[nH]1. The first-order chi connectivity index (χ1) is 11.7. The Hall–Kier alpha value is -2.22. The number of hydrogen-bond donors (Lipinski definition) is 2. The van der Waals surface area contributed by atoms with Gasteiger partial charge in [-0.1, -0.05) is 24.8 Å². The number of carbonyl (C=O) groups excluding carboxylic acids is 1. The minimum absolute atomic E-state index is 0.0386. The lowest BCUT2D eigenvalue weighted by atomic mass is 10.1. The van der Waals surface area contributed by atoms with Gasteiger partial charge >= 0.3 is 0 Å². The summed E-state index contributed by atoms with van der Waals surface area (Å²) in [6, 6.07) is 5.74. The second-order valence-corrected chi connectivity index (χ2v) is 5.94. The largest absolute Gasteiger partial charge is 0.493 e. The molecule has 0 aliphatic carbocycles. The molecule has 0 spiro atoms. The highest BCUT2D eigenvalue weighted by Gasteiger charge is 2.08. The Kier molecular flexibility index (Phi) is 6.92. The van der Waals surface area contributed by atoms with Gasteiger partial charge in [-0.3, -0.25) is 9.89 Å². The molecule has 1 amide bonds. The van der Waals surface area contributed by atoms with E-state index in [9.17, 15) is 4.79 Å². The van der Waals surface area contributed by atoms with Crippen LogP contribution >= 0.6 is 11.8 Å². The van der Waals surface area contributed by atoms with Crippen LogP contribution in [-0.4, -0.2) is 47.6 Å². The van der Waals surface area contributed by atoms with Crippen molar-refractivity contribution in [2.45, 2.75) is 24.9 Å². The Balaban J connectivity index is 1.74. The van der Waals surface area contributed by atoms with Crippen molar-refractivity contribution in [3.8, 4) is 11.5 Å². The molecule has 0 atom stereocenters. The molecular formula is C16H22N4O3S. The zero-order chi connectivity index (χ0) is 17.4. The summed E-state index contributed by atoms with van der Waals surface area (Å²) >= 11 is 1.32. The molecule has 0 bridgehead atoms. The van der Waals surface area contributed by atoms with E-state index < -0.39 is 0 Å². The topological polar surface area (TPSA) is 89.1 Å². The predicted molar refractivity (Wildman–Crippen MR) is 92.7 cm³/mol. The van der Waals surface area contributed by atoms with Gasteiger partial charge in [-0.25, -0.2) is 4.98 Å². The van der Waals surface area contributed by atoms with Crippen molar-refractivity contribution in [2.24, 2.45) is 0 Å². The van der Waals surface area contributed by atoms with E-state index in [0.717, 1.165) is 24.2 Å². The van der Waals surface area contributed by atoms with E-state index in [4.69, 9.17) is 9.47 Å². The molecule has 2 N–H and O–H groups in total. The lowest BCUT2D eigenvalue weighted by Gasteiger charge is -2.10.